The largest absolute Gasteiger partial charge is 0.507 e. The van der Waals surface area contributed by atoms with Crippen LogP contribution in [0.2, 0.25) is 0 Å². The van der Waals surface area contributed by atoms with Gasteiger partial charge in [-0.3, -0.25) is 9.59 Å². The van der Waals surface area contributed by atoms with E-state index >= 15 is 0 Å². The van der Waals surface area contributed by atoms with E-state index in [-0.39, 0.29) is 17.3 Å². The number of hydrogen-bond donors (Lipinski definition) is 1. The minimum absolute atomic E-state index is 0.130. The number of benzene rings is 2. The molecule has 1 aliphatic rings. The summed E-state index contributed by atoms with van der Waals surface area (Å²) in [4.78, 5) is 30.1. The Kier molecular flexibility index (Phi) is 7.92. The highest BCUT2D eigenvalue weighted by Gasteiger charge is 2.45. The third-order valence-corrected chi connectivity index (χ3v) is 6.33. The Hall–Kier alpha value is -3.12. The number of likely N-dealkylation sites (tertiary alicyclic amines) is 1. The fourth-order valence-corrected chi connectivity index (χ4v) is 4.37. The molecule has 0 spiro atoms. The van der Waals surface area contributed by atoms with Gasteiger partial charge in [-0.15, -0.1) is 0 Å². The standard InChI is InChI=1S/C27H34N2O4/c1-6-28(7-2)15-16-29-24(19-11-9-8-10-12-19)23(26(31)27(29)32)25(30)20-13-14-22(33-5)21(17-20)18(3)4/h8-14,17-18,24,30H,6-7,15-16H2,1-5H3/b25-23-. The molecule has 176 valence electrons. The number of methoxy groups -OCH3 is 1. The van der Waals surface area contributed by atoms with Crippen LogP contribution in [0.15, 0.2) is 54.1 Å². The maximum Gasteiger partial charge on any atom is 0.295 e. The minimum atomic E-state index is -0.650. The second kappa shape index (κ2) is 10.7. The Morgan fingerprint density at radius 2 is 1.76 bits per heavy atom. The van der Waals surface area contributed by atoms with Gasteiger partial charge in [-0.2, -0.15) is 0 Å². The molecule has 0 radical (unpaired) electrons. The van der Waals surface area contributed by atoms with Crippen LogP contribution in [0, 0.1) is 0 Å². The highest BCUT2D eigenvalue weighted by atomic mass is 16.5. The number of hydrogen-bond acceptors (Lipinski definition) is 5. The molecule has 1 amide bonds. The Labute approximate surface area is 196 Å². The molecule has 6 heteroatoms. The second-order valence-electron chi connectivity index (χ2n) is 8.54. The molecule has 0 bridgehead atoms. The summed E-state index contributed by atoms with van der Waals surface area (Å²) >= 11 is 0. The fourth-order valence-electron chi connectivity index (χ4n) is 4.37. The number of likely N-dealkylation sites (N-methyl/N-ethyl adjacent to an activating group) is 1. The Balaban J connectivity index is 2.12. The molecule has 1 heterocycles. The Bertz CT molecular complexity index is 1030. The molecule has 1 atom stereocenters. The van der Waals surface area contributed by atoms with Crippen molar-refractivity contribution in [2.24, 2.45) is 0 Å². The molecule has 0 aromatic heterocycles. The maximum absolute atomic E-state index is 13.2. The Morgan fingerprint density at radius 1 is 1.09 bits per heavy atom. The molecule has 6 nitrogen and oxygen atoms in total. The van der Waals surface area contributed by atoms with Gasteiger partial charge < -0.3 is 19.6 Å². The average Bonchev–Trinajstić information content (AvgIpc) is 3.09. The summed E-state index contributed by atoms with van der Waals surface area (Å²) in [6.07, 6.45) is 0. The molecule has 1 saturated heterocycles. The average molecular weight is 451 g/mol. The van der Waals surface area contributed by atoms with Crippen LogP contribution >= 0.6 is 0 Å². The molecule has 2 aromatic carbocycles. The van der Waals surface area contributed by atoms with Crippen molar-refractivity contribution in [1.29, 1.82) is 0 Å². The van der Waals surface area contributed by atoms with E-state index in [4.69, 9.17) is 4.74 Å². The number of ketones is 1. The molecule has 0 aliphatic carbocycles. The van der Waals surface area contributed by atoms with E-state index in [1.54, 1.807) is 24.1 Å². The van der Waals surface area contributed by atoms with E-state index in [1.807, 2.05) is 50.2 Å². The van der Waals surface area contributed by atoms with Crippen molar-refractivity contribution in [2.45, 2.75) is 39.7 Å². The zero-order valence-corrected chi connectivity index (χ0v) is 20.2. The monoisotopic (exact) mass is 450 g/mol. The van der Waals surface area contributed by atoms with E-state index in [0.717, 1.165) is 30.0 Å². The number of nitrogens with zero attached hydrogens (tertiary/aromatic N) is 2. The first-order chi connectivity index (χ1) is 15.8. The third-order valence-electron chi connectivity index (χ3n) is 6.33. The molecule has 0 saturated carbocycles. The molecule has 1 unspecified atom stereocenters. The molecule has 33 heavy (non-hydrogen) atoms. The highest BCUT2D eigenvalue weighted by molar-refractivity contribution is 6.46. The van der Waals surface area contributed by atoms with E-state index in [1.165, 1.54) is 0 Å². The van der Waals surface area contributed by atoms with Crippen molar-refractivity contribution in [1.82, 2.24) is 9.80 Å². The summed E-state index contributed by atoms with van der Waals surface area (Å²) in [7, 11) is 1.61. The van der Waals surface area contributed by atoms with Gasteiger partial charge in [0.25, 0.3) is 11.7 Å². The van der Waals surface area contributed by atoms with Crippen LogP contribution in [-0.2, 0) is 9.59 Å². The molecule has 1 N–H and O–H groups in total. The zero-order chi connectivity index (χ0) is 24.1. The van der Waals surface area contributed by atoms with Crippen molar-refractivity contribution in [3.05, 3.63) is 70.8 Å². The quantitative estimate of drug-likeness (QED) is 0.344. The molecule has 2 aromatic rings. The number of aliphatic hydroxyl groups is 1. The van der Waals surface area contributed by atoms with Crippen molar-refractivity contribution >= 4 is 17.4 Å². The lowest BCUT2D eigenvalue weighted by molar-refractivity contribution is -0.140. The van der Waals surface area contributed by atoms with E-state index in [2.05, 4.69) is 18.7 Å². The van der Waals surface area contributed by atoms with Gasteiger partial charge in [0, 0.05) is 18.7 Å². The number of carbonyl (C=O) groups excluding carboxylic acids is 2. The summed E-state index contributed by atoms with van der Waals surface area (Å²) in [5, 5.41) is 11.3. The second-order valence-corrected chi connectivity index (χ2v) is 8.54. The van der Waals surface area contributed by atoms with E-state index < -0.39 is 17.7 Å². The molecule has 3 rings (SSSR count). The molecule has 1 aliphatic heterocycles. The van der Waals surface area contributed by atoms with Gasteiger partial charge in [-0.1, -0.05) is 58.0 Å². The molecular weight excluding hydrogens is 416 g/mol. The first-order valence-corrected chi connectivity index (χ1v) is 11.6. The van der Waals surface area contributed by atoms with Gasteiger partial charge in [0.2, 0.25) is 0 Å². The van der Waals surface area contributed by atoms with Crippen LogP contribution in [0.3, 0.4) is 0 Å². The normalized spacial score (nSPS) is 17.9. The number of aliphatic hydroxyl groups excluding tert-OH is 1. The first-order valence-electron chi connectivity index (χ1n) is 11.6. The first kappa shape index (κ1) is 24.5. The summed E-state index contributed by atoms with van der Waals surface area (Å²) in [6.45, 7) is 11.0. The van der Waals surface area contributed by atoms with Crippen LogP contribution in [0.5, 0.6) is 5.75 Å². The van der Waals surface area contributed by atoms with Crippen molar-refractivity contribution in [3.63, 3.8) is 0 Å². The summed E-state index contributed by atoms with van der Waals surface area (Å²) in [6, 6.07) is 14.2. The topological polar surface area (TPSA) is 70.1 Å². The highest BCUT2D eigenvalue weighted by Crippen LogP contribution is 2.40. The van der Waals surface area contributed by atoms with Crippen molar-refractivity contribution < 1.29 is 19.4 Å². The van der Waals surface area contributed by atoms with Gasteiger partial charge in [-0.05, 0) is 48.3 Å². The predicted octanol–water partition coefficient (Wildman–Crippen LogP) is 4.58. The number of rotatable bonds is 9. The number of amides is 1. The lowest BCUT2D eigenvalue weighted by Crippen LogP contribution is -2.38. The number of ether oxygens (including phenoxy) is 1. The van der Waals surface area contributed by atoms with E-state index in [9.17, 15) is 14.7 Å². The third kappa shape index (κ3) is 4.96. The lowest BCUT2D eigenvalue weighted by Gasteiger charge is -2.28. The molecule has 1 fully saturated rings. The van der Waals surface area contributed by atoms with Gasteiger partial charge in [0.1, 0.15) is 11.5 Å². The lowest BCUT2D eigenvalue weighted by atomic mass is 9.93. The van der Waals surface area contributed by atoms with Crippen LogP contribution < -0.4 is 4.74 Å². The van der Waals surface area contributed by atoms with Crippen LogP contribution in [0.4, 0.5) is 0 Å². The van der Waals surface area contributed by atoms with Crippen LogP contribution in [0.25, 0.3) is 5.76 Å². The van der Waals surface area contributed by atoms with Crippen LogP contribution in [0.1, 0.15) is 56.3 Å². The van der Waals surface area contributed by atoms with Gasteiger partial charge in [-0.25, -0.2) is 0 Å². The van der Waals surface area contributed by atoms with Gasteiger partial charge >= 0.3 is 0 Å². The van der Waals surface area contributed by atoms with Gasteiger partial charge in [0.15, 0.2) is 0 Å². The number of Topliss-reactive ketones (excluding diaryl/α,β-unsaturated/α-hetero) is 1. The smallest absolute Gasteiger partial charge is 0.295 e. The molecular formula is C27H34N2O4. The maximum atomic E-state index is 13.2. The van der Waals surface area contributed by atoms with Crippen LogP contribution in [-0.4, -0.2) is 59.9 Å². The summed E-state index contributed by atoms with van der Waals surface area (Å²) in [5.74, 6) is -0.495. The van der Waals surface area contributed by atoms with Gasteiger partial charge in [0.05, 0.1) is 18.7 Å². The Morgan fingerprint density at radius 3 is 2.33 bits per heavy atom. The summed E-state index contributed by atoms with van der Waals surface area (Å²) < 4.78 is 5.46. The van der Waals surface area contributed by atoms with E-state index in [0.29, 0.717) is 18.7 Å². The minimum Gasteiger partial charge on any atom is -0.507 e. The van der Waals surface area contributed by atoms with Crippen molar-refractivity contribution in [3.8, 4) is 5.75 Å². The summed E-state index contributed by atoms with van der Waals surface area (Å²) in [5.41, 5.74) is 2.36. The SMILES string of the molecule is CCN(CC)CCN1C(=O)C(=O)/C(=C(\O)c2ccc(OC)c(C(C)C)c2)C1c1ccccc1. The predicted molar refractivity (Wildman–Crippen MR) is 130 cm³/mol. The fraction of sp³-hybridized carbons (Fsp3) is 0.407. The number of carbonyl (C=O) groups is 2. The zero-order valence-electron chi connectivity index (χ0n) is 20.2. The van der Waals surface area contributed by atoms with Crippen molar-refractivity contribution in [2.75, 3.05) is 33.3 Å².